The molecule has 4 heteroatoms. The molecule has 10 radical (unpaired) electrons. The van der Waals surface area contributed by atoms with Gasteiger partial charge in [0.25, 0.3) is 0 Å². The fraction of sp³-hybridized carbons (Fsp3) is 0. The quantitative estimate of drug-likeness (QED) is 0.476. The molecule has 0 aliphatic heterocycles. The molecule has 0 aromatic carbocycles. The van der Waals surface area contributed by atoms with Crippen molar-refractivity contribution < 1.29 is 0 Å². The Morgan fingerprint density at radius 3 is 0.500 bits per heavy atom. The largest absolute Gasteiger partial charge is 0 e. The third-order valence-electron chi connectivity index (χ3n) is 0. The first-order valence-corrected chi connectivity index (χ1v) is 0. The van der Waals surface area contributed by atoms with Gasteiger partial charge in [0.15, 0.2) is 0 Å². The van der Waals surface area contributed by atoms with Crippen molar-refractivity contribution in [3.8, 4) is 0 Å². The Kier molecular flexibility index (Phi) is 100. The number of rotatable bonds is 0. The topological polar surface area (TPSA) is 0 Å². The molecule has 0 aromatic rings. The van der Waals surface area contributed by atoms with E-state index in [9.17, 15) is 0 Å². The summed E-state index contributed by atoms with van der Waals surface area (Å²) in [5, 5.41) is 0. The number of hydrogen-bond donors (Lipinski definition) is 0. The molecule has 0 amide bonds. The summed E-state index contributed by atoms with van der Waals surface area (Å²) in [5.41, 5.74) is 0. The summed E-state index contributed by atoms with van der Waals surface area (Å²) >= 11 is 0. The minimum atomic E-state index is 0. The van der Waals surface area contributed by atoms with E-state index in [1.165, 1.54) is 0 Å². The first kappa shape index (κ1) is 25.2. The second kappa shape index (κ2) is 15.9. The molecule has 0 saturated heterocycles. The van der Waals surface area contributed by atoms with Gasteiger partial charge >= 0.3 is 0 Å². The van der Waals surface area contributed by atoms with Gasteiger partial charge in [-0.05, 0) is 0 Å². The van der Waals surface area contributed by atoms with Gasteiger partial charge in [-0.3, -0.25) is 0 Å². The summed E-state index contributed by atoms with van der Waals surface area (Å²) in [4.78, 5) is 0. The van der Waals surface area contributed by atoms with Gasteiger partial charge in [0.05, 0.1) is 0 Å². The van der Waals surface area contributed by atoms with E-state index in [-0.39, 0.29) is 118 Å². The molecule has 10 valence electrons. The van der Waals surface area contributed by atoms with Crippen molar-refractivity contribution in [3.05, 3.63) is 0 Å². The van der Waals surface area contributed by atoms with Gasteiger partial charge in [-0.15, -0.1) is 0 Å². The second-order valence-corrected chi connectivity index (χ2v) is 0. The zero-order valence-electron chi connectivity index (χ0n) is 2.73. The first-order valence-electron chi connectivity index (χ1n) is 0. The Morgan fingerprint density at radius 2 is 0.500 bits per heavy atom. The predicted molar refractivity (Wildman–Crippen MR) is 23.0 cm³/mol. The molecule has 0 nitrogen and oxygen atoms in total. The maximum atomic E-state index is 0. The van der Waals surface area contributed by atoms with Crippen molar-refractivity contribution in [2.45, 2.75) is 0 Å². The Labute approximate surface area is 114 Å². The molecule has 0 rings (SSSR count). The van der Waals surface area contributed by atoms with E-state index >= 15 is 0 Å². The van der Waals surface area contributed by atoms with Gasteiger partial charge in [0.2, 0.25) is 0 Å². The van der Waals surface area contributed by atoms with Crippen LogP contribution in [0.4, 0.5) is 0 Å². The van der Waals surface area contributed by atoms with Gasteiger partial charge in [0, 0.05) is 118 Å². The molecule has 0 spiro atoms. The first-order chi connectivity index (χ1) is 0. The summed E-state index contributed by atoms with van der Waals surface area (Å²) < 4.78 is 0. The molecule has 0 unspecified atom stereocenters. The maximum absolute atomic E-state index is 0. The van der Waals surface area contributed by atoms with E-state index in [0.29, 0.717) is 0 Å². The van der Waals surface area contributed by atoms with Crippen molar-refractivity contribution in [2.24, 2.45) is 0 Å². The van der Waals surface area contributed by atoms with E-state index < -0.39 is 0 Å². The van der Waals surface area contributed by atoms with Gasteiger partial charge in [-0.2, -0.15) is 0 Å². The zero-order valence-corrected chi connectivity index (χ0v) is 14.9. The van der Waals surface area contributed by atoms with Gasteiger partial charge in [-0.1, -0.05) is 0 Å². The molecule has 0 atom stereocenters. The van der Waals surface area contributed by atoms with Crippen molar-refractivity contribution >= 4 is 118 Å². The van der Waals surface area contributed by atoms with E-state index in [4.69, 9.17) is 0 Å². The Hall–Kier alpha value is 3.71. The Bertz CT molecular complexity index is 3.25. The van der Waals surface area contributed by atoms with Gasteiger partial charge < -0.3 is 0 Å². The fourth-order valence-corrected chi connectivity index (χ4v) is 0. The summed E-state index contributed by atoms with van der Waals surface area (Å²) in [6, 6.07) is 0. The van der Waals surface area contributed by atoms with Crippen LogP contribution in [0.15, 0.2) is 0 Å². The molecule has 0 saturated carbocycles. The van der Waals surface area contributed by atoms with Crippen LogP contribution in [-0.2, 0) is 0 Å². The monoisotopic (exact) mass is 292 g/mol. The van der Waals surface area contributed by atoms with Crippen molar-refractivity contribution in [1.82, 2.24) is 0 Å². The van der Waals surface area contributed by atoms with Crippen molar-refractivity contribution in [3.63, 3.8) is 0 Å². The SMILES string of the molecule is [Ga].[Ga].[Ga].[Rb]. The molecule has 0 N–H and O–H groups in total. The molecule has 0 aliphatic rings. The number of hydrogen-bond acceptors (Lipinski definition) is 0. The molecule has 0 fully saturated rings. The van der Waals surface area contributed by atoms with Crippen LogP contribution in [0.25, 0.3) is 0 Å². The van der Waals surface area contributed by atoms with E-state index in [1.54, 1.807) is 0 Å². The van der Waals surface area contributed by atoms with E-state index in [2.05, 4.69) is 0 Å². The average Bonchev–Trinajstić information content (AvgIpc) is 0. The third kappa shape index (κ3) is 9.21. The van der Waals surface area contributed by atoms with Crippen LogP contribution in [0, 0.1) is 0 Å². The normalized spacial score (nSPS) is 0. The molecule has 0 bridgehead atoms. The van der Waals surface area contributed by atoms with Crippen LogP contribution >= 0.6 is 0 Å². The Morgan fingerprint density at radius 1 is 0.500 bits per heavy atom. The van der Waals surface area contributed by atoms with Crippen molar-refractivity contribution in [2.75, 3.05) is 0 Å². The summed E-state index contributed by atoms with van der Waals surface area (Å²) in [7, 11) is 0. The standard InChI is InChI=1S/3Ga.Rb. The van der Waals surface area contributed by atoms with Crippen LogP contribution < -0.4 is 0 Å². The molecule has 0 aliphatic carbocycles. The minimum absolute atomic E-state index is 0. The summed E-state index contributed by atoms with van der Waals surface area (Å²) in [6.45, 7) is 0. The van der Waals surface area contributed by atoms with E-state index in [0.717, 1.165) is 0 Å². The van der Waals surface area contributed by atoms with Gasteiger partial charge in [0.1, 0.15) is 0 Å². The fourth-order valence-electron chi connectivity index (χ4n) is 0. The van der Waals surface area contributed by atoms with Crippen LogP contribution in [0.3, 0.4) is 0 Å². The van der Waals surface area contributed by atoms with Crippen LogP contribution in [0.1, 0.15) is 0 Å². The molecule has 0 aromatic heterocycles. The van der Waals surface area contributed by atoms with Gasteiger partial charge in [-0.25, -0.2) is 0 Å². The average molecular weight is 295 g/mol. The van der Waals surface area contributed by atoms with Crippen LogP contribution in [0.5, 0.6) is 0 Å². The molecule has 4 heavy (non-hydrogen) atoms. The minimum Gasteiger partial charge on any atom is 0 e. The summed E-state index contributed by atoms with van der Waals surface area (Å²) in [6.07, 6.45) is 0. The predicted octanol–water partition coefficient (Wildman–Crippen LogP) is -1.52. The van der Waals surface area contributed by atoms with Crippen LogP contribution in [0.2, 0.25) is 0 Å². The Balaban J connectivity index is 0. The van der Waals surface area contributed by atoms with Crippen LogP contribution in [-0.4, -0.2) is 118 Å². The zero-order chi connectivity index (χ0) is 0. The maximum Gasteiger partial charge on any atom is 0 e. The smallest absolute Gasteiger partial charge is 0 e. The molecular weight excluding hydrogens is 295 g/mol. The van der Waals surface area contributed by atoms with E-state index in [1.807, 2.05) is 0 Å². The molecular formula is Ga3Rb. The summed E-state index contributed by atoms with van der Waals surface area (Å²) in [5.74, 6) is 0. The third-order valence-corrected chi connectivity index (χ3v) is 0. The molecule has 0 heterocycles. The van der Waals surface area contributed by atoms with Crippen molar-refractivity contribution in [1.29, 1.82) is 0 Å². The second-order valence-electron chi connectivity index (χ2n) is 0.